The molecule has 0 saturated carbocycles. The van der Waals surface area contributed by atoms with Gasteiger partial charge in [-0.15, -0.1) is 11.8 Å². The Kier molecular flexibility index (Phi) is 12.7. The van der Waals surface area contributed by atoms with Crippen LogP contribution in [-0.4, -0.2) is 19.5 Å². The Balaban J connectivity index is 1.77. The second-order valence-corrected chi connectivity index (χ2v) is 6.00. The highest BCUT2D eigenvalue weighted by atomic mass is 16.7. The second-order valence-electron chi connectivity index (χ2n) is 6.00. The van der Waals surface area contributed by atoms with Gasteiger partial charge >= 0.3 is 0 Å². The molecule has 1 rings (SSSR count). The fourth-order valence-electron chi connectivity index (χ4n) is 2.54. The first kappa shape index (κ1) is 18.5. The molecule has 0 N–H and O–H groups in total. The molecule has 0 amide bonds. The summed E-state index contributed by atoms with van der Waals surface area (Å²) in [6.45, 7) is 3.98. The molecule has 0 bridgehead atoms. The van der Waals surface area contributed by atoms with E-state index in [0.29, 0.717) is 0 Å². The van der Waals surface area contributed by atoms with E-state index in [1.165, 1.54) is 57.8 Å². The van der Waals surface area contributed by atoms with E-state index < -0.39 is 0 Å². The van der Waals surface area contributed by atoms with E-state index >= 15 is 0 Å². The van der Waals surface area contributed by atoms with Gasteiger partial charge in [-0.3, -0.25) is 0 Å². The molecular weight excluding hydrogens is 260 g/mol. The van der Waals surface area contributed by atoms with Crippen molar-refractivity contribution in [3.05, 3.63) is 0 Å². The molecule has 1 saturated heterocycles. The molecule has 0 radical (unpaired) electrons. The fraction of sp³-hybridized carbons (Fsp3) is 0.895. The zero-order valence-corrected chi connectivity index (χ0v) is 14.0. The maximum absolute atomic E-state index is 5.72. The van der Waals surface area contributed by atoms with E-state index in [1.54, 1.807) is 0 Å². The molecule has 21 heavy (non-hydrogen) atoms. The summed E-state index contributed by atoms with van der Waals surface area (Å²) in [5.74, 6) is 6.60. The Morgan fingerprint density at radius 3 is 2.29 bits per heavy atom. The first-order valence-corrected chi connectivity index (χ1v) is 9.12. The summed E-state index contributed by atoms with van der Waals surface area (Å²) in [4.78, 5) is 0. The Morgan fingerprint density at radius 2 is 1.62 bits per heavy atom. The third-order valence-corrected chi connectivity index (χ3v) is 3.92. The van der Waals surface area contributed by atoms with Gasteiger partial charge in [0.2, 0.25) is 0 Å². The van der Waals surface area contributed by atoms with Crippen molar-refractivity contribution in [2.45, 2.75) is 96.7 Å². The van der Waals surface area contributed by atoms with Gasteiger partial charge in [0.15, 0.2) is 6.29 Å². The molecule has 1 heterocycles. The largest absolute Gasteiger partial charge is 0.353 e. The topological polar surface area (TPSA) is 18.5 Å². The number of ether oxygens (including phenoxy) is 2. The van der Waals surface area contributed by atoms with Gasteiger partial charge in [0.05, 0.1) is 0 Å². The quantitative estimate of drug-likeness (QED) is 0.372. The van der Waals surface area contributed by atoms with Gasteiger partial charge in [0, 0.05) is 26.1 Å². The molecule has 1 fully saturated rings. The molecule has 1 aliphatic heterocycles. The summed E-state index contributed by atoms with van der Waals surface area (Å²) in [5.41, 5.74) is 0. The maximum atomic E-state index is 5.72. The Labute approximate surface area is 132 Å². The summed E-state index contributed by atoms with van der Waals surface area (Å²) in [7, 11) is 0. The minimum atomic E-state index is 0.0809. The van der Waals surface area contributed by atoms with E-state index in [2.05, 4.69) is 18.8 Å². The first-order chi connectivity index (χ1) is 10.4. The molecule has 2 heteroatoms. The van der Waals surface area contributed by atoms with Crippen molar-refractivity contribution in [2.75, 3.05) is 13.2 Å². The van der Waals surface area contributed by atoms with Gasteiger partial charge in [-0.2, -0.15) is 0 Å². The molecule has 0 aromatic carbocycles. The molecule has 0 unspecified atom stereocenters. The minimum Gasteiger partial charge on any atom is -0.353 e. The van der Waals surface area contributed by atoms with Gasteiger partial charge < -0.3 is 9.47 Å². The molecule has 0 spiro atoms. The van der Waals surface area contributed by atoms with Crippen LogP contribution >= 0.6 is 0 Å². The van der Waals surface area contributed by atoms with E-state index in [0.717, 1.165) is 38.9 Å². The molecule has 122 valence electrons. The molecule has 1 aliphatic rings. The third-order valence-electron chi connectivity index (χ3n) is 3.92. The zero-order valence-electron chi connectivity index (χ0n) is 14.0. The Hall–Kier alpha value is -0.520. The van der Waals surface area contributed by atoms with E-state index in [-0.39, 0.29) is 6.29 Å². The lowest BCUT2D eigenvalue weighted by Crippen LogP contribution is -2.22. The third kappa shape index (κ3) is 11.8. The van der Waals surface area contributed by atoms with E-state index in [4.69, 9.17) is 9.47 Å². The lowest BCUT2D eigenvalue weighted by molar-refractivity contribution is -0.162. The van der Waals surface area contributed by atoms with Crippen LogP contribution in [0.1, 0.15) is 90.4 Å². The van der Waals surface area contributed by atoms with Crippen molar-refractivity contribution in [3.63, 3.8) is 0 Å². The molecular formula is C19H34O2. The normalized spacial score (nSPS) is 18.2. The van der Waals surface area contributed by atoms with Gasteiger partial charge in [0.1, 0.15) is 0 Å². The monoisotopic (exact) mass is 294 g/mol. The van der Waals surface area contributed by atoms with Crippen molar-refractivity contribution in [1.29, 1.82) is 0 Å². The predicted molar refractivity (Wildman–Crippen MR) is 89.2 cm³/mol. The summed E-state index contributed by atoms with van der Waals surface area (Å²) >= 11 is 0. The average molecular weight is 294 g/mol. The van der Waals surface area contributed by atoms with Crippen LogP contribution in [0.15, 0.2) is 0 Å². The van der Waals surface area contributed by atoms with Gasteiger partial charge in [-0.05, 0) is 38.5 Å². The van der Waals surface area contributed by atoms with Crippen molar-refractivity contribution < 1.29 is 9.47 Å². The molecule has 1 atom stereocenters. The maximum Gasteiger partial charge on any atom is 0.157 e. The van der Waals surface area contributed by atoms with Crippen LogP contribution in [0.25, 0.3) is 0 Å². The number of rotatable bonds is 11. The van der Waals surface area contributed by atoms with Gasteiger partial charge in [0.25, 0.3) is 0 Å². The average Bonchev–Trinajstić information content (AvgIpc) is 2.53. The van der Waals surface area contributed by atoms with Crippen LogP contribution in [0, 0.1) is 11.8 Å². The van der Waals surface area contributed by atoms with Crippen molar-refractivity contribution >= 4 is 0 Å². The van der Waals surface area contributed by atoms with Gasteiger partial charge in [-0.25, -0.2) is 0 Å². The highest BCUT2D eigenvalue weighted by Crippen LogP contribution is 2.14. The van der Waals surface area contributed by atoms with Crippen LogP contribution in [-0.2, 0) is 9.47 Å². The fourth-order valence-corrected chi connectivity index (χ4v) is 2.54. The summed E-state index contributed by atoms with van der Waals surface area (Å²) in [5, 5.41) is 0. The van der Waals surface area contributed by atoms with Crippen molar-refractivity contribution in [2.24, 2.45) is 0 Å². The van der Waals surface area contributed by atoms with Crippen molar-refractivity contribution in [1.82, 2.24) is 0 Å². The summed E-state index contributed by atoms with van der Waals surface area (Å²) < 4.78 is 11.3. The summed E-state index contributed by atoms with van der Waals surface area (Å²) in [6.07, 6.45) is 16.0. The SMILES string of the molecule is CCCCCCC#CCCCCCCO[C@H]1CCCCO1. The Morgan fingerprint density at radius 1 is 0.905 bits per heavy atom. The van der Waals surface area contributed by atoms with Crippen LogP contribution in [0.4, 0.5) is 0 Å². The second kappa shape index (κ2) is 14.4. The highest BCUT2D eigenvalue weighted by molar-refractivity contribution is 4.98. The minimum absolute atomic E-state index is 0.0809. The van der Waals surface area contributed by atoms with E-state index in [9.17, 15) is 0 Å². The molecule has 2 nitrogen and oxygen atoms in total. The zero-order chi connectivity index (χ0) is 15.0. The molecule has 0 aromatic rings. The van der Waals surface area contributed by atoms with Gasteiger partial charge in [-0.1, -0.05) is 39.0 Å². The lowest BCUT2D eigenvalue weighted by Gasteiger charge is -2.22. The van der Waals surface area contributed by atoms with Crippen LogP contribution < -0.4 is 0 Å². The predicted octanol–water partition coefficient (Wildman–Crippen LogP) is 5.45. The molecule has 0 aromatic heterocycles. The molecule has 0 aliphatic carbocycles. The standard InChI is InChI=1S/C19H34O2/c1-2-3-4-5-6-7-8-9-10-11-12-14-17-20-19-16-13-15-18-21-19/h19H,2-6,9-18H2,1H3/t19-/m1/s1. The number of hydrogen-bond donors (Lipinski definition) is 0. The number of unbranched alkanes of at least 4 members (excludes halogenated alkanes) is 8. The first-order valence-electron chi connectivity index (χ1n) is 9.12. The number of hydrogen-bond acceptors (Lipinski definition) is 2. The Bertz CT molecular complexity index is 271. The van der Waals surface area contributed by atoms with Crippen LogP contribution in [0.5, 0.6) is 0 Å². The smallest absolute Gasteiger partial charge is 0.157 e. The highest BCUT2D eigenvalue weighted by Gasteiger charge is 2.13. The van der Waals surface area contributed by atoms with Crippen molar-refractivity contribution in [3.8, 4) is 11.8 Å². The van der Waals surface area contributed by atoms with Crippen LogP contribution in [0.3, 0.4) is 0 Å². The van der Waals surface area contributed by atoms with Crippen LogP contribution in [0.2, 0.25) is 0 Å². The lowest BCUT2D eigenvalue weighted by atomic mass is 10.1. The summed E-state index contributed by atoms with van der Waals surface area (Å²) in [6, 6.07) is 0. The van der Waals surface area contributed by atoms with E-state index in [1.807, 2.05) is 0 Å².